The quantitative estimate of drug-likeness (QED) is 0.748. The Labute approximate surface area is 153 Å². The smallest absolute Gasteiger partial charge is 0.232 e. The average Bonchev–Trinajstić information content (AvgIpc) is 3.35. The highest BCUT2D eigenvalue weighted by Crippen LogP contribution is 2.31. The van der Waals surface area contributed by atoms with Crippen LogP contribution in [0.25, 0.3) is 22.2 Å². The van der Waals surface area contributed by atoms with Crippen LogP contribution in [0.4, 0.5) is 5.88 Å². The van der Waals surface area contributed by atoms with Crippen molar-refractivity contribution in [3.8, 4) is 17.5 Å². The number of hydrogen-bond donors (Lipinski definition) is 1. The lowest BCUT2D eigenvalue weighted by atomic mass is 10.0. The molecule has 5 heteroatoms. The first-order valence-corrected chi connectivity index (χ1v) is 9.13. The van der Waals surface area contributed by atoms with Crippen molar-refractivity contribution in [2.75, 3.05) is 25.0 Å². The number of aromatic nitrogens is 1. The van der Waals surface area contributed by atoms with Crippen molar-refractivity contribution in [3.05, 3.63) is 48.2 Å². The van der Waals surface area contributed by atoms with Gasteiger partial charge in [-0.15, -0.1) is 0 Å². The molecule has 2 heterocycles. The zero-order valence-electron chi connectivity index (χ0n) is 14.9. The highest BCUT2D eigenvalue weighted by atomic mass is 16.4. The second-order valence-corrected chi connectivity index (χ2v) is 6.81. The van der Waals surface area contributed by atoms with Crippen LogP contribution in [0.15, 0.2) is 46.9 Å². The fourth-order valence-corrected chi connectivity index (χ4v) is 3.59. The molecular formula is C21H22N4O. The lowest BCUT2D eigenvalue weighted by Gasteiger charge is -2.23. The van der Waals surface area contributed by atoms with Gasteiger partial charge in [0.1, 0.15) is 6.07 Å². The highest BCUT2D eigenvalue weighted by molar-refractivity contribution is 5.94. The van der Waals surface area contributed by atoms with E-state index in [1.54, 1.807) is 0 Å². The summed E-state index contributed by atoms with van der Waals surface area (Å²) >= 11 is 0. The standard InChI is InChI=1S/C21H22N4O/c1-15(25-11-4-5-12-25)14-23-21-19(13-22)24-20(26-21)18-10-6-8-16-7-2-3-9-17(16)18/h2-3,6-10,15,23H,4-5,11-12,14H2,1H3/t15-/m0/s1. The summed E-state index contributed by atoms with van der Waals surface area (Å²) in [6, 6.07) is 16.7. The van der Waals surface area contributed by atoms with Gasteiger partial charge in [0, 0.05) is 18.2 Å². The number of rotatable bonds is 5. The highest BCUT2D eigenvalue weighted by Gasteiger charge is 2.20. The lowest BCUT2D eigenvalue weighted by Crippen LogP contribution is -2.35. The Morgan fingerprint density at radius 3 is 2.77 bits per heavy atom. The molecule has 0 radical (unpaired) electrons. The summed E-state index contributed by atoms with van der Waals surface area (Å²) in [5, 5.41) is 14.9. The number of nitrogens with one attached hydrogen (secondary N) is 1. The number of fused-ring (bicyclic) bond motifs is 1. The minimum Gasteiger partial charge on any atom is -0.419 e. The van der Waals surface area contributed by atoms with Gasteiger partial charge >= 0.3 is 0 Å². The Bertz CT molecular complexity index is 945. The molecule has 26 heavy (non-hydrogen) atoms. The Balaban J connectivity index is 1.60. The van der Waals surface area contributed by atoms with Crippen LogP contribution in [0.2, 0.25) is 0 Å². The minimum absolute atomic E-state index is 0.307. The summed E-state index contributed by atoms with van der Waals surface area (Å²) in [5.41, 5.74) is 1.21. The van der Waals surface area contributed by atoms with Crippen molar-refractivity contribution in [3.63, 3.8) is 0 Å². The third-order valence-electron chi connectivity index (χ3n) is 5.08. The molecule has 1 saturated heterocycles. The Morgan fingerprint density at radius 1 is 1.19 bits per heavy atom. The predicted octanol–water partition coefficient (Wildman–Crippen LogP) is 4.26. The van der Waals surface area contributed by atoms with E-state index in [-0.39, 0.29) is 0 Å². The van der Waals surface area contributed by atoms with E-state index < -0.39 is 0 Å². The molecule has 0 saturated carbocycles. The summed E-state index contributed by atoms with van der Waals surface area (Å²) in [7, 11) is 0. The van der Waals surface area contributed by atoms with Crippen molar-refractivity contribution in [1.29, 1.82) is 5.26 Å². The molecule has 1 aromatic heterocycles. The third kappa shape index (κ3) is 3.16. The average molecular weight is 346 g/mol. The molecule has 0 amide bonds. The molecule has 1 fully saturated rings. The molecule has 1 N–H and O–H groups in total. The number of hydrogen-bond acceptors (Lipinski definition) is 5. The van der Waals surface area contributed by atoms with Gasteiger partial charge in [-0.3, -0.25) is 4.90 Å². The molecule has 0 aliphatic carbocycles. The normalized spacial score (nSPS) is 15.8. The second kappa shape index (κ2) is 7.19. The molecule has 1 aliphatic heterocycles. The number of nitrogens with zero attached hydrogens (tertiary/aromatic N) is 3. The van der Waals surface area contributed by atoms with E-state index in [1.807, 2.05) is 30.3 Å². The van der Waals surface area contributed by atoms with Crippen molar-refractivity contribution in [1.82, 2.24) is 9.88 Å². The van der Waals surface area contributed by atoms with Crippen LogP contribution >= 0.6 is 0 Å². The number of anilines is 1. The number of likely N-dealkylation sites (tertiary alicyclic amines) is 1. The van der Waals surface area contributed by atoms with Gasteiger partial charge in [0.2, 0.25) is 17.5 Å². The van der Waals surface area contributed by atoms with E-state index in [0.717, 1.165) is 36.0 Å². The van der Waals surface area contributed by atoms with Crippen LogP contribution in [-0.2, 0) is 0 Å². The van der Waals surface area contributed by atoms with Gasteiger partial charge in [-0.2, -0.15) is 10.2 Å². The molecule has 1 atom stereocenters. The van der Waals surface area contributed by atoms with Crippen molar-refractivity contribution >= 4 is 16.7 Å². The zero-order valence-corrected chi connectivity index (χ0v) is 14.9. The monoisotopic (exact) mass is 346 g/mol. The number of benzene rings is 2. The van der Waals surface area contributed by atoms with E-state index in [9.17, 15) is 5.26 Å². The second-order valence-electron chi connectivity index (χ2n) is 6.81. The first-order chi connectivity index (χ1) is 12.8. The number of oxazole rings is 1. The van der Waals surface area contributed by atoms with Crippen LogP contribution in [-0.4, -0.2) is 35.6 Å². The van der Waals surface area contributed by atoms with E-state index in [1.165, 1.54) is 12.8 Å². The van der Waals surface area contributed by atoms with Crippen LogP contribution < -0.4 is 5.32 Å². The van der Waals surface area contributed by atoms with Gasteiger partial charge in [-0.1, -0.05) is 36.4 Å². The minimum atomic E-state index is 0.307. The van der Waals surface area contributed by atoms with E-state index >= 15 is 0 Å². The third-order valence-corrected chi connectivity index (χ3v) is 5.08. The van der Waals surface area contributed by atoms with Gasteiger partial charge < -0.3 is 9.73 Å². The van der Waals surface area contributed by atoms with Crippen LogP contribution in [0.5, 0.6) is 0 Å². The van der Waals surface area contributed by atoms with Crippen molar-refractivity contribution < 1.29 is 4.42 Å². The first-order valence-electron chi connectivity index (χ1n) is 9.13. The van der Waals surface area contributed by atoms with Gasteiger partial charge in [-0.25, -0.2) is 0 Å². The predicted molar refractivity (Wildman–Crippen MR) is 103 cm³/mol. The summed E-state index contributed by atoms with van der Waals surface area (Å²) in [5.74, 6) is 0.941. The van der Waals surface area contributed by atoms with Gasteiger partial charge in [0.05, 0.1) is 0 Å². The van der Waals surface area contributed by atoms with Crippen LogP contribution in [0.1, 0.15) is 25.5 Å². The largest absolute Gasteiger partial charge is 0.419 e. The molecule has 3 aromatic rings. The van der Waals surface area contributed by atoms with Crippen LogP contribution in [0, 0.1) is 11.3 Å². The fourth-order valence-electron chi connectivity index (χ4n) is 3.59. The molecule has 5 nitrogen and oxygen atoms in total. The van der Waals surface area contributed by atoms with E-state index in [0.29, 0.717) is 23.5 Å². The Kier molecular flexibility index (Phi) is 4.59. The van der Waals surface area contributed by atoms with E-state index in [2.05, 4.69) is 40.3 Å². The molecule has 2 aromatic carbocycles. The summed E-state index contributed by atoms with van der Waals surface area (Å²) in [6.07, 6.45) is 2.53. The Hall–Kier alpha value is -2.84. The summed E-state index contributed by atoms with van der Waals surface area (Å²) in [4.78, 5) is 6.88. The SMILES string of the molecule is C[C@@H](CNc1oc(-c2cccc3ccccc23)nc1C#N)N1CCCC1. The Morgan fingerprint density at radius 2 is 1.96 bits per heavy atom. The van der Waals surface area contributed by atoms with Crippen molar-refractivity contribution in [2.45, 2.75) is 25.8 Å². The van der Waals surface area contributed by atoms with Gasteiger partial charge in [0.25, 0.3) is 0 Å². The molecule has 1 aliphatic rings. The van der Waals surface area contributed by atoms with E-state index in [4.69, 9.17) is 4.42 Å². The first kappa shape index (κ1) is 16.6. The summed E-state index contributed by atoms with van der Waals surface area (Å²) < 4.78 is 5.95. The summed E-state index contributed by atoms with van der Waals surface area (Å²) in [6.45, 7) is 5.22. The topological polar surface area (TPSA) is 65.1 Å². The maximum absolute atomic E-state index is 9.45. The molecule has 0 spiro atoms. The maximum atomic E-state index is 9.45. The molecule has 0 unspecified atom stereocenters. The van der Waals surface area contributed by atoms with Crippen LogP contribution in [0.3, 0.4) is 0 Å². The van der Waals surface area contributed by atoms with Gasteiger partial charge in [-0.05, 0) is 49.7 Å². The van der Waals surface area contributed by atoms with Gasteiger partial charge in [0.15, 0.2) is 0 Å². The number of nitriles is 1. The molecular weight excluding hydrogens is 324 g/mol. The molecule has 0 bridgehead atoms. The van der Waals surface area contributed by atoms with Crippen molar-refractivity contribution in [2.24, 2.45) is 0 Å². The molecule has 4 rings (SSSR count). The molecule has 132 valence electrons. The fraction of sp³-hybridized carbons (Fsp3) is 0.333. The maximum Gasteiger partial charge on any atom is 0.232 e. The zero-order chi connectivity index (χ0) is 17.9. The lowest BCUT2D eigenvalue weighted by molar-refractivity contribution is 0.268.